The molecule has 3 rings (SSSR count). The van der Waals surface area contributed by atoms with Gasteiger partial charge < -0.3 is 19.9 Å². The third-order valence-corrected chi connectivity index (χ3v) is 5.72. The van der Waals surface area contributed by atoms with Crippen LogP contribution in [0.1, 0.15) is 32.3 Å². The molecule has 2 aliphatic heterocycles. The molecule has 28 heavy (non-hydrogen) atoms. The fourth-order valence-corrected chi connectivity index (χ4v) is 3.94. The Morgan fingerprint density at radius 3 is 2.18 bits per heavy atom. The van der Waals surface area contributed by atoms with Gasteiger partial charge in [-0.25, -0.2) is 9.59 Å². The van der Waals surface area contributed by atoms with Crippen LogP contribution in [-0.2, 0) is 11.2 Å². The molecule has 2 heterocycles. The first-order chi connectivity index (χ1) is 13.6. The zero-order chi connectivity index (χ0) is 19.9. The maximum Gasteiger partial charge on any atom is 0.409 e. The van der Waals surface area contributed by atoms with Crippen LogP contribution in [0.15, 0.2) is 24.3 Å². The van der Waals surface area contributed by atoms with Crippen LogP contribution in [0.4, 0.5) is 15.3 Å². The number of hydrogen-bond donors (Lipinski definition) is 1. The van der Waals surface area contributed by atoms with Crippen LogP contribution in [0.3, 0.4) is 0 Å². The number of nitrogens with one attached hydrogen (secondary N) is 1. The van der Waals surface area contributed by atoms with E-state index in [1.807, 2.05) is 24.0 Å². The Bertz CT molecular complexity index is 648. The largest absolute Gasteiger partial charge is 0.450 e. The van der Waals surface area contributed by atoms with Gasteiger partial charge in [0.15, 0.2) is 0 Å². The van der Waals surface area contributed by atoms with Gasteiger partial charge in [0.1, 0.15) is 0 Å². The SMILES string of the molecule is CCOC(=O)N1CCC(N2CCN(C(=O)Nc3ccc(CC)cc3)CC2)CC1. The molecule has 2 aliphatic rings. The van der Waals surface area contributed by atoms with E-state index in [4.69, 9.17) is 4.74 Å². The third-order valence-electron chi connectivity index (χ3n) is 5.72. The summed E-state index contributed by atoms with van der Waals surface area (Å²) in [5.41, 5.74) is 2.11. The lowest BCUT2D eigenvalue weighted by Crippen LogP contribution is -2.55. The number of hydrogen-bond acceptors (Lipinski definition) is 4. The fourth-order valence-electron chi connectivity index (χ4n) is 3.94. The van der Waals surface area contributed by atoms with Crippen molar-refractivity contribution in [2.24, 2.45) is 0 Å². The highest BCUT2D eigenvalue weighted by Gasteiger charge is 2.30. The van der Waals surface area contributed by atoms with E-state index in [2.05, 4.69) is 29.3 Å². The van der Waals surface area contributed by atoms with Crippen LogP contribution < -0.4 is 5.32 Å². The number of likely N-dealkylation sites (tertiary alicyclic amines) is 1. The maximum absolute atomic E-state index is 12.5. The molecule has 0 bridgehead atoms. The third kappa shape index (κ3) is 5.16. The van der Waals surface area contributed by atoms with Gasteiger partial charge in [-0.3, -0.25) is 4.90 Å². The molecule has 0 atom stereocenters. The second kappa shape index (κ2) is 9.78. The van der Waals surface area contributed by atoms with Gasteiger partial charge in [0, 0.05) is 51.0 Å². The molecular weight excluding hydrogens is 356 g/mol. The van der Waals surface area contributed by atoms with E-state index in [9.17, 15) is 9.59 Å². The number of urea groups is 1. The summed E-state index contributed by atoms with van der Waals surface area (Å²) in [6, 6.07) is 8.49. The number of piperidine rings is 1. The van der Waals surface area contributed by atoms with Crippen molar-refractivity contribution in [2.75, 3.05) is 51.2 Å². The number of rotatable bonds is 4. The summed E-state index contributed by atoms with van der Waals surface area (Å²) >= 11 is 0. The molecule has 1 aromatic carbocycles. The Morgan fingerprint density at radius 2 is 1.61 bits per heavy atom. The Labute approximate surface area is 167 Å². The van der Waals surface area contributed by atoms with Crippen molar-refractivity contribution >= 4 is 17.8 Å². The van der Waals surface area contributed by atoms with Gasteiger partial charge in [-0.15, -0.1) is 0 Å². The van der Waals surface area contributed by atoms with Crippen LogP contribution in [0.5, 0.6) is 0 Å². The average Bonchev–Trinajstić information content (AvgIpc) is 2.74. The molecule has 2 saturated heterocycles. The number of benzene rings is 1. The highest BCUT2D eigenvalue weighted by atomic mass is 16.6. The second-order valence-electron chi connectivity index (χ2n) is 7.42. The molecule has 7 nitrogen and oxygen atoms in total. The highest BCUT2D eigenvalue weighted by molar-refractivity contribution is 5.89. The number of carbonyl (C=O) groups is 2. The van der Waals surface area contributed by atoms with Crippen molar-refractivity contribution in [2.45, 2.75) is 39.2 Å². The number of anilines is 1. The van der Waals surface area contributed by atoms with Crippen molar-refractivity contribution < 1.29 is 14.3 Å². The minimum Gasteiger partial charge on any atom is -0.450 e. The molecule has 3 amide bonds. The molecule has 7 heteroatoms. The first-order valence-electron chi connectivity index (χ1n) is 10.4. The lowest BCUT2D eigenvalue weighted by Gasteiger charge is -2.42. The quantitative estimate of drug-likeness (QED) is 0.861. The van der Waals surface area contributed by atoms with E-state index >= 15 is 0 Å². The van der Waals surface area contributed by atoms with Gasteiger partial charge in [-0.05, 0) is 43.9 Å². The van der Waals surface area contributed by atoms with Crippen molar-refractivity contribution in [1.29, 1.82) is 0 Å². The topological polar surface area (TPSA) is 65.1 Å². The minimum absolute atomic E-state index is 0.0268. The maximum atomic E-state index is 12.5. The summed E-state index contributed by atoms with van der Waals surface area (Å²) in [7, 11) is 0. The summed E-state index contributed by atoms with van der Waals surface area (Å²) in [6.07, 6.45) is 2.73. The monoisotopic (exact) mass is 388 g/mol. The number of nitrogens with zero attached hydrogens (tertiary/aromatic N) is 3. The van der Waals surface area contributed by atoms with E-state index in [0.29, 0.717) is 12.6 Å². The molecule has 0 saturated carbocycles. The first kappa shape index (κ1) is 20.5. The van der Waals surface area contributed by atoms with E-state index in [1.54, 1.807) is 4.90 Å². The standard InChI is InChI=1S/C21H32N4O3/c1-3-17-5-7-18(8-6-17)22-20(26)24-15-13-23(14-16-24)19-9-11-25(12-10-19)21(27)28-4-2/h5-8,19H,3-4,9-16H2,1-2H3,(H,22,26). The molecule has 0 aliphatic carbocycles. The normalized spacial score (nSPS) is 18.8. The lowest BCUT2D eigenvalue weighted by atomic mass is 10.0. The van der Waals surface area contributed by atoms with Crippen LogP contribution in [-0.4, -0.2) is 78.7 Å². The second-order valence-corrected chi connectivity index (χ2v) is 7.42. The molecule has 0 spiro atoms. The highest BCUT2D eigenvalue weighted by Crippen LogP contribution is 2.19. The zero-order valence-electron chi connectivity index (χ0n) is 17.0. The van der Waals surface area contributed by atoms with Gasteiger partial charge in [0.05, 0.1) is 6.61 Å². The zero-order valence-corrected chi connectivity index (χ0v) is 17.0. The van der Waals surface area contributed by atoms with Crippen LogP contribution >= 0.6 is 0 Å². The van der Waals surface area contributed by atoms with Gasteiger partial charge in [-0.2, -0.15) is 0 Å². The molecule has 2 fully saturated rings. The summed E-state index contributed by atoms with van der Waals surface area (Å²) in [5, 5.41) is 3.00. The van der Waals surface area contributed by atoms with E-state index in [1.165, 1.54) is 5.56 Å². The number of ether oxygens (including phenoxy) is 1. The van der Waals surface area contributed by atoms with Gasteiger partial charge in [0.2, 0.25) is 0 Å². The van der Waals surface area contributed by atoms with Crippen LogP contribution in [0, 0.1) is 0 Å². The van der Waals surface area contributed by atoms with Gasteiger partial charge in [-0.1, -0.05) is 19.1 Å². The van der Waals surface area contributed by atoms with Crippen molar-refractivity contribution in [1.82, 2.24) is 14.7 Å². The predicted molar refractivity (Wildman–Crippen MR) is 110 cm³/mol. The van der Waals surface area contributed by atoms with E-state index < -0.39 is 0 Å². The van der Waals surface area contributed by atoms with Gasteiger partial charge in [0.25, 0.3) is 0 Å². The predicted octanol–water partition coefficient (Wildman–Crippen LogP) is 3.02. The molecule has 1 aromatic rings. The van der Waals surface area contributed by atoms with Crippen molar-refractivity contribution in [3.8, 4) is 0 Å². The van der Waals surface area contributed by atoms with Crippen molar-refractivity contribution in [3.63, 3.8) is 0 Å². The summed E-state index contributed by atoms with van der Waals surface area (Å²) < 4.78 is 5.09. The minimum atomic E-state index is -0.200. The Hall–Kier alpha value is -2.28. The summed E-state index contributed by atoms with van der Waals surface area (Å²) in [6.45, 7) is 9.10. The van der Waals surface area contributed by atoms with E-state index in [-0.39, 0.29) is 12.1 Å². The molecule has 154 valence electrons. The van der Waals surface area contributed by atoms with Crippen molar-refractivity contribution in [3.05, 3.63) is 29.8 Å². The molecule has 1 N–H and O–H groups in total. The number of carbonyl (C=O) groups excluding carboxylic acids is 2. The summed E-state index contributed by atoms with van der Waals surface area (Å²) in [5.74, 6) is 0. The molecule has 0 aromatic heterocycles. The lowest BCUT2D eigenvalue weighted by molar-refractivity contribution is 0.0581. The Balaban J connectivity index is 1.41. The Morgan fingerprint density at radius 1 is 0.964 bits per heavy atom. The first-order valence-corrected chi connectivity index (χ1v) is 10.4. The summed E-state index contributed by atoms with van der Waals surface area (Å²) in [4.78, 5) is 30.5. The molecular formula is C21H32N4O3. The van der Waals surface area contributed by atoms with Crippen LogP contribution in [0.2, 0.25) is 0 Å². The van der Waals surface area contributed by atoms with Crippen LogP contribution in [0.25, 0.3) is 0 Å². The smallest absolute Gasteiger partial charge is 0.409 e. The number of piperazine rings is 1. The number of amides is 3. The molecule has 0 radical (unpaired) electrons. The average molecular weight is 389 g/mol. The molecule has 0 unspecified atom stereocenters. The van der Waals surface area contributed by atoms with E-state index in [0.717, 1.165) is 64.2 Å². The number of aryl methyl sites for hydroxylation is 1. The Kier molecular flexibility index (Phi) is 7.14. The fraction of sp³-hybridized carbons (Fsp3) is 0.619. The van der Waals surface area contributed by atoms with Gasteiger partial charge >= 0.3 is 12.1 Å².